The average molecular weight is 372 g/mol. The van der Waals surface area contributed by atoms with Gasteiger partial charge in [-0.05, 0) is 28.4 Å². The van der Waals surface area contributed by atoms with Crippen molar-refractivity contribution in [2.45, 2.75) is 18.9 Å². The number of benzene rings is 1. The summed E-state index contributed by atoms with van der Waals surface area (Å²) in [5.41, 5.74) is 1.74. The molecular formula is C15H11BrKNO3. The third-order valence-corrected chi connectivity index (χ3v) is 4.25. The second-order valence-electron chi connectivity index (χ2n) is 4.77. The molecule has 1 atom stereocenters. The van der Waals surface area contributed by atoms with Gasteiger partial charge < -0.3 is 14.5 Å². The van der Waals surface area contributed by atoms with Gasteiger partial charge in [0.1, 0.15) is 0 Å². The predicted octanol–water partition coefficient (Wildman–Crippen LogP) is -1.28. The number of carbonyl (C=O) groups excluding carboxylic acids is 2. The molecule has 1 unspecified atom stereocenters. The minimum atomic E-state index is -1.10. The maximum absolute atomic E-state index is 12.5. The maximum atomic E-state index is 12.5. The zero-order valence-electron chi connectivity index (χ0n) is 11.5. The van der Waals surface area contributed by atoms with Gasteiger partial charge in [0.2, 0.25) is 5.78 Å². The third-order valence-electron chi connectivity index (χ3n) is 3.61. The Morgan fingerprint density at radius 3 is 2.52 bits per heavy atom. The van der Waals surface area contributed by atoms with E-state index in [4.69, 9.17) is 0 Å². The number of carbonyl (C=O) groups is 2. The monoisotopic (exact) mass is 371 g/mol. The fraction of sp³-hybridized carbons (Fsp3) is 0.200. The minimum Gasteiger partial charge on any atom is -0.549 e. The molecule has 1 aromatic heterocycles. The van der Waals surface area contributed by atoms with Crippen molar-refractivity contribution >= 4 is 27.7 Å². The molecule has 0 bridgehead atoms. The number of carboxylic acid groups (broad SMARTS) is 1. The van der Waals surface area contributed by atoms with Crippen molar-refractivity contribution in [3.63, 3.8) is 0 Å². The fourth-order valence-corrected chi connectivity index (χ4v) is 3.38. The van der Waals surface area contributed by atoms with Crippen LogP contribution in [0.4, 0.5) is 0 Å². The molecule has 0 saturated carbocycles. The van der Waals surface area contributed by atoms with E-state index in [0.717, 1.165) is 0 Å². The first-order chi connectivity index (χ1) is 9.59. The van der Waals surface area contributed by atoms with Gasteiger partial charge in [-0.3, -0.25) is 4.79 Å². The first kappa shape index (κ1) is 17.1. The number of hydrogen-bond acceptors (Lipinski definition) is 3. The summed E-state index contributed by atoms with van der Waals surface area (Å²) in [5.74, 6) is -1.85. The normalized spacial score (nSPS) is 16.1. The van der Waals surface area contributed by atoms with E-state index in [0.29, 0.717) is 34.4 Å². The van der Waals surface area contributed by atoms with Crippen molar-refractivity contribution in [1.29, 1.82) is 0 Å². The molecule has 21 heavy (non-hydrogen) atoms. The molecule has 1 aliphatic heterocycles. The Balaban J connectivity index is 0.00000161. The number of carboxylic acids is 1. The zero-order valence-corrected chi connectivity index (χ0v) is 16.2. The van der Waals surface area contributed by atoms with E-state index in [1.165, 1.54) is 0 Å². The molecule has 1 aliphatic rings. The summed E-state index contributed by atoms with van der Waals surface area (Å²) in [6.07, 6.45) is 0.464. The van der Waals surface area contributed by atoms with Gasteiger partial charge in [0.15, 0.2) is 0 Å². The Morgan fingerprint density at radius 1 is 1.24 bits per heavy atom. The zero-order chi connectivity index (χ0) is 14.3. The van der Waals surface area contributed by atoms with Crippen LogP contribution in [0.3, 0.4) is 0 Å². The summed E-state index contributed by atoms with van der Waals surface area (Å²) in [6, 6.07) is 10.7. The Labute approximate surface area is 173 Å². The molecule has 0 aliphatic carbocycles. The summed E-state index contributed by atoms with van der Waals surface area (Å²) >= 11 is 3.35. The van der Waals surface area contributed by atoms with Gasteiger partial charge in [-0.15, -0.1) is 0 Å². The molecule has 2 heterocycles. The molecule has 6 heteroatoms. The maximum Gasteiger partial charge on any atom is 1.00 e. The van der Waals surface area contributed by atoms with Gasteiger partial charge >= 0.3 is 51.4 Å². The Bertz CT molecular complexity index is 696. The Morgan fingerprint density at radius 2 is 1.90 bits per heavy atom. The minimum absolute atomic E-state index is 0. The summed E-state index contributed by atoms with van der Waals surface area (Å²) in [5, 5.41) is 11.1. The molecule has 2 aromatic rings. The molecule has 1 aromatic carbocycles. The van der Waals surface area contributed by atoms with Crippen LogP contribution < -0.4 is 56.5 Å². The molecule has 3 rings (SSSR count). The predicted molar refractivity (Wildman–Crippen MR) is 74.4 cm³/mol. The number of fused-ring (bicyclic) bond motifs is 1. The van der Waals surface area contributed by atoms with Gasteiger partial charge in [-0.1, -0.05) is 30.3 Å². The molecule has 0 N–H and O–H groups in total. The van der Waals surface area contributed by atoms with Crippen molar-refractivity contribution in [3.05, 3.63) is 57.8 Å². The van der Waals surface area contributed by atoms with Crippen molar-refractivity contribution in [2.75, 3.05) is 0 Å². The number of aromatic nitrogens is 1. The third kappa shape index (κ3) is 3.11. The number of ketones is 1. The number of halogens is 1. The average Bonchev–Trinajstić information content (AvgIpc) is 3.01. The summed E-state index contributed by atoms with van der Waals surface area (Å²) < 4.78 is 2.43. The summed E-state index contributed by atoms with van der Waals surface area (Å²) in [7, 11) is 0. The van der Waals surface area contributed by atoms with Crippen LogP contribution in [0, 0.1) is 0 Å². The van der Waals surface area contributed by atoms with Crippen molar-refractivity contribution in [1.82, 2.24) is 4.57 Å². The Hall–Kier alpha value is -0.244. The van der Waals surface area contributed by atoms with Gasteiger partial charge in [-0.2, -0.15) is 0 Å². The van der Waals surface area contributed by atoms with Crippen molar-refractivity contribution < 1.29 is 66.1 Å². The molecular weight excluding hydrogens is 361 g/mol. The topological polar surface area (TPSA) is 62.1 Å². The van der Waals surface area contributed by atoms with E-state index >= 15 is 0 Å². The van der Waals surface area contributed by atoms with Gasteiger partial charge in [0, 0.05) is 28.2 Å². The SMILES string of the molecule is O=C(c1ccccc1)c1cc(Br)c2n1CCC2C(=O)[O-].[K+]. The van der Waals surface area contributed by atoms with Gasteiger partial charge in [-0.25, -0.2) is 0 Å². The van der Waals surface area contributed by atoms with E-state index < -0.39 is 11.9 Å². The van der Waals surface area contributed by atoms with Crippen LogP contribution in [0.15, 0.2) is 40.9 Å². The second-order valence-corrected chi connectivity index (χ2v) is 5.62. The van der Waals surface area contributed by atoms with Crippen LogP contribution in [0.1, 0.15) is 34.1 Å². The Kier molecular flexibility index (Phi) is 5.62. The molecule has 102 valence electrons. The molecule has 0 saturated heterocycles. The second kappa shape index (κ2) is 6.89. The van der Waals surface area contributed by atoms with E-state index in [2.05, 4.69) is 15.9 Å². The summed E-state index contributed by atoms with van der Waals surface area (Å²) in [4.78, 5) is 23.6. The van der Waals surface area contributed by atoms with E-state index in [1.54, 1.807) is 34.9 Å². The fourth-order valence-electron chi connectivity index (χ4n) is 2.68. The van der Waals surface area contributed by atoms with Gasteiger partial charge in [0.25, 0.3) is 0 Å². The van der Waals surface area contributed by atoms with Crippen molar-refractivity contribution in [3.8, 4) is 0 Å². The first-order valence-corrected chi connectivity index (χ1v) is 7.08. The molecule has 0 spiro atoms. The number of rotatable bonds is 3. The summed E-state index contributed by atoms with van der Waals surface area (Å²) in [6.45, 7) is 0.521. The van der Waals surface area contributed by atoms with Crippen LogP contribution in [-0.2, 0) is 11.3 Å². The molecule has 0 amide bonds. The van der Waals surface area contributed by atoms with E-state index in [1.807, 2.05) is 6.07 Å². The number of aliphatic carboxylic acids is 1. The molecule has 0 fully saturated rings. The van der Waals surface area contributed by atoms with Crippen LogP contribution >= 0.6 is 15.9 Å². The smallest absolute Gasteiger partial charge is 0.549 e. The van der Waals surface area contributed by atoms with Crippen molar-refractivity contribution in [2.24, 2.45) is 0 Å². The molecule has 4 nitrogen and oxygen atoms in total. The largest absolute Gasteiger partial charge is 1.00 e. The van der Waals surface area contributed by atoms with E-state index in [9.17, 15) is 14.7 Å². The van der Waals surface area contributed by atoms with Crippen LogP contribution in [0.2, 0.25) is 0 Å². The molecule has 0 radical (unpaired) electrons. The first-order valence-electron chi connectivity index (χ1n) is 6.29. The number of nitrogens with zero attached hydrogens (tertiary/aromatic N) is 1. The standard InChI is InChI=1S/C15H12BrNO3.K/c16-11-8-12(14(18)9-4-2-1-3-5-9)17-7-6-10(13(11)17)15(19)20;/h1-5,8,10H,6-7H2,(H,19,20);/q;+1/p-1. The van der Waals surface area contributed by atoms with Crippen LogP contribution in [0.5, 0.6) is 0 Å². The van der Waals surface area contributed by atoms with E-state index in [-0.39, 0.29) is 57.2 Å². The van der Waals surface area contributed by atoms with Crippen LogP contribution in [0.25, 0.3) is 0 Å². The van der Waals surface area contributed by atoms with Crippen LogP contribution in [-0.4, -0.2) is 16.3 Å². The quantitative estimate of drug-likeness (QED) is 0.498. The van der Waals surface area contributed by atoms with Gasteiger partial charge in [0.05, 0.1) is 11.7 Å². The number of hydrogen-bond donors (Lipinski definition) is 0.